The zero-order valence-corrected chi connectivity index (χ0v) is 12.1. The van der Waals surface area contributed by atoms with Gasteiger partial charge in [0, 0.05) is 37.3 Å². The molecule has 1 saturated heterocycles. The smallest absolute Gasteiger partial charge is 0.254 e. The summed E-state index contributed by atoms with van der Waals surface area (Å²) in [5, 5.41) is 13.0. The van der Waals surface area contributed by atoms with Crippen LogP contribution in [0.1, 0.15) is 28.8 Å². The number of nitrogens with one attached hydrogen (secondary N) is 1. The molecule has 2 aliphatic rings. The number of nitrogens with zero attached hydrogens (tertiary/aromatic N) is 1. The van der Waals surface area contributed by atoms with Crippen LogP contribution in [0.15, 0.2) is 18.2 Å². The monoisotopic (exact) mass is 274 g/mol. The standard InChI is InChI=1S/C16H22N2O2/c1-10-7-12(17-2)4-5-13(10)16(20)18-8-11-3-6-15(19)14(11)9-18/h4-5,7,11,14-15,17,19H,3,6,8-9H2,1-2H3. The minimum absolute atomic E-state index is 0.103. The number of fused-ring (bicyclic) bond motifs is 1. The molecular weight excluding hydrogens is 252 g/mol. The van der Waals surface area contributed by atoms with E-state index in [0.29, 0.717) is 12.5 Å². The average molecular weight is 274 g/mol. The Morgan fingerprint density at radius 2 is 2.15 bits per heavy atom. The van der Waals surface area contributed by atoms with Crippen LogP contribution in [-0.2, 0) is 0 Å². The molecule has 1 heterocycles. The van der Waals surface area contributed by atoms with E-state index in [1.807, 2.05) is 37.1 Å². The van der Waals surface area contributed by atoms with E-state index in [9.17, 15) is 9.90 Å². The van der Waals surface area contributed by atoms with Crippen LogP contribution in [-0.4, -0.2) is 42.2 Å². The van der Waals surface area contributed by atoms with Crippen LogP contribution in [0.5, 0.6) is 0 Å². The van der Waals surface area contributed by atoms with Crippen molar-refractivity contribution in [3.63, 3.8) is 0 Å². The third-order valence-corrected chi connectivity index (χ3v) is 4.85. The van der Waals surface area contributed by atoms with E-state index in [-0.39, 0.29) is 17.9 Å². The van der Waals surface area contributed by atoms with Crippen molar-refractivity contribution in [3.05, 3.63) is 29.3 Å². The highest BCUT2D eigenvalue weighted by atomic mass is 16.3. The summed E-state index contributed by atoms with van der Waals surface area (Å²) in [5.74, 6) is 0.883. The minimum atomic E-state index is -0.217. The van der Waals surface area contributed by atoms with Gasteiger partial charge < -0.3 is 15.3 Å². The van der Waals surface area contributed by atoms with E-state index in [1.54, 1.807) is 0 Å². The Kier molecular flexibility index (Phi) is 3.42. The molecule has 3 atom stereocenters. The molecule has 1 amide bonds. The summed E-state index contributed by atoms with van der Waals surface area (Å²) < 4.78 is 0. The summed E-state index contributed by atoms with van der Waals surface area (Å²) in [6.07, 6.45) is 1.73. The van der Waals surface area contributed by atoms with Gasteiger partial charge in [0.05, 0.1) is 6.10 Å². The summed E-state index contributed by atoms with van der Waals surface area (Å²) in [6, 6.07) is 5.83. The Morgan fingerprint density at radius 3 is 2.80 bits per heavy atom. The van der Waals surface area contributed by atoms with Gasteiger partial charge in [0.2, 0.25) is 0 Å². The first kappa shape index (κ1) is 13.4. The highest BCUT2D eigenvalue weighted by molar-refractivity contribution is 5.96. The maximum atomic E-state index is 12.6. The molecule has 1 aromatic rings. The first-order chi connectivity index (χ1) is 9.60. The van der Waals surface area contributed by atoms with E-state index >= 15 is 0 Å². The molecule has 0 bridgehead atoms. The van der Waals surface area contributed by atoms with Crippen LogP contribution in [0.25, 0.3) is 0 Å². The van der Waals surface area contributed by atoms with E-state index in [1.165, 1.54) is 0 Å². The molecule has 1 aliphatic carbocycles. The molecule has 4 heteroatoms. The number of aliphatic hydroxyl groups is 1. The molecule has 0 spiro atoms. The Hall–Kier alpha value is -1.55. The summed E-state index contributed by atoms with van der Waals surface area (Å²) >= 11 is 0. The highest BCUT2D eigenvalue weighted by Gasteiger charge is 2.43. The first-order valence-corrected chi connectivity index (χ1v) is 7.36. The van der Waals surface area contributed by atoms with E-state index < -0.39 is 0 Å². The summed E-state index contributed by atoms with van der Waals surface area (Å²) in [4.78, 5) is 14.5. The predicted molar refractivity (Wildman–Crippen MR) is 78.9 cm³/mol. The van der Waals surface area contributed by atoms with Gasteiger partial charge in [-0.15, -0.1) is 0 Å². The van der Waals surface area contributed by atoms with Gasteiger partial charge in [0.15, 0.2) is 0 Å². The second-order valence-corrected chi connectivity index (χ2v) is 6.06. The molecule has 3 unspecified atom stereocenters. The van der Waals surface area contributed by atoms with Crippen LogP contribution in [0.4, 0.5) is 5.69 Å². The van der Waals surface area contributed by atoms with Gasteiger partial charge in [-0.2, -0.15) is 0 Å². The number of aliphatic hydroxyl groups excluding tert-OH is 1. The molecule has 1 aliphatic heterocycles. The maximum absolute atomic E-state index is 12.6. The molecule has 108 valence electrons. The zero-order chi connectivity index (χ0) is 14.3. The fourth-order valence-corrected chi connectivity index (χ4v) is 3.63. The Bertz CT molecular complexity index is 529. The van der Waals surface area contributed by atoms with E-state index in [2.05, 4.69) is 5.32 Å². The second kappa shape index (κ2) is 5.09. The largest absolute Gasteiger partial charge is 0.393 e. The number of hydrogen-bond donors (Lipinski definition) is 2. The number of rotatable bonds is 2. The highest BCUT2D eigenvalue weighted by Crippen LogP contribution is 2.38. The Labute approximate surface area is 119 Å². The third kappa shape index (κ3) is 2.18. The van der Waals surface area contributed by atoms with Crippen LogP contribution in [0.3, 0.4) is 0 Å². The van der Waals surface area contributed by atoms with Crippen molar-refractivity contribution in [1.82, 2.24) is 4.90 Å². The molecule has 0 radical (unpaired) electrons. The van der Waals surface area contributed by atoms with Gasteiger partial charge >= 0.3 is 0 Å². The van der Waals surface area contributed by atoms with E-state index in [4.69, 9.17) is 0 Å². The third-order valence-electron chi connectivity index (χ3n) is 4.85. The van der Waals surface area contributed by atoms with Crippen LogP contribution < -0.4 is 5.32 Å². The van der Waals surface area contributed by atoms with Crippen molar-refractivity contribution in [1.29, 1.82) is 0 Å². The predicted octanol–water partition coefficient (Wildman–Crippen LogP) is 1.88. The van der Waals surface area contributed by atoms with Crippen molar-refractivity contribution in [2.75, 3.05) is 25.5 Å². The first-order valence-electron chi connectivity index (χ1n) is 7.36. The lowest BCUT2D eigenvalue weighted by Gasteiger charge is -2.20. The number of benzene rings is 1. The van der Waals surface area contributed by atoms with Crippen molar-refractivity contribution in [3.8, 4) is 0 Å². The molecule has 2 fully saturated rings. The molecule has 0 aromatic heterocycles. The molecule has 4 nitrogen and oxygen atoms in total. The Balaban J connectivity index is 1.77. The Morgan fingerprint density at radius 1 is 1.35 bits per heavy atom. The van der Waals surface area contributed by atoms with Crippen molar-refractivity contribution in [2.45, 2.75) is 25.9 Å². The number of likely N-dealkylation sites (tertiary alicyclic amines) is 1. The average Bonchev–Trinajstić information content (AvgIpc) is 3.00. The fraction of sp³-hybridized carbons (Fsp3) is 0.562. The molecule has 20 heavy (non-hydrogen) atoms. The van der Waals surface area contributed by atoms with Crippen LogP contribution >= 0.6 is 0 Å². The molecule has 3 rings (SSSR count). The van der Waals surface area contributed by atoms with Crippen molar-refractivity contribution in [2.24, 2.45) is 11.8 Å². The number of hydrogen-bond acceptors (Lipinski definition) is 3. The van der Waals surface area contributed by atoms with Crippen LogP contribution in [0, 0.1) is 18.8 Å². The van der Waals surface area contributed by atoms with Gasteiger partial charge in [0.25, 0.3) is 5.91 Å². The number of carbonyl (C=O) groups is 1. The van der Waals surface area contributed by atoms with Gasteiger partial charge in [-0.25, -0.2) is 0 Å². The number of aryl methyl sites for hydroxylation is 1. The lowest BCUT2D eigenvalue weighted by Crippen LogP contribution is -2.31. The molecule has 1 aromatic carbocycles. The van der Waals surface area contributed by atoms with Gasteiger partial charge in [0.1, 0.15) is 0 Å². The summed E-state index contributed by atoms with van der Waals surface area (Å²) in [5.41, 5.74) is 2.80. The maximum Gasteiger partial charge on any atom is 0.254 e. The van der Waals surface area contributed by atoms with Gasteiger partial charge in [-0.05, 0) is 49.4 Å². The van der Waals surface area contributed by atoms with E-state index in [0.717, 1.165) is 36.2 Å². The topological polar surface area (TPSA) is 52.6 Å². The van der Waals surface area contributed by atoms with Gasteiger partial charge in [-0.3, -0.25) is 4.79 Å². The molecular formula is C16H22N2O2. The van der Waals surface area contributed by atoms with Crippen LogP contribution in [0.2, 0.25) is 0 Å². The SMILES string of the molecule is CNc1ccc(C(=O)N2CC3CCC(O)C3C2)c(C)c1. The quantitative estimate of drug-likeness (QED) is 0.866. The number of anilines is 1. The lowest BCUT2D eigenvalue weighted by atomic mass is 10.00. The number of carbonyl (C=O) groups excluding carboxylic acids is 1. The zero-order valence-electron chi connectivity index (χ0n) is 12.1. The molecule has 1 saturated carbocycles. The summed E-state index contributed by atoms with van der Waals surface area (Å²) in [7, 11) is 1.87. The molecule has 2 N–H and O–H groups in total. The van der Waals surface area contributed by atoms with Gasteiger partial charge in [-0.1, -0.05) is 0 Å². The summed E-state index contributed by atoms with van der Waals surface area (Å²) in [6.45, 7) is 3.48. The lowest BCUT2D eigenvalue weighted by molar-refractivity contribution is 0.0751. The minimum Gasteiger partial charge on any atom is -0.393 e. The normalized spacial score (nSPS) is 28.6. The van der Waals surface area contributed by atoms with Crippen molar-refractivity contribution < 1.29 is 9.90 Å². The number of amides is 1. The fourth-order valence-electron chi connectivity index (χ4n) is 3.63. The second-order valence-electron chi connectivity index (χ2n) is 6.06. The van der Waals surface area contributed by atoms with Crippen molar-refractivity contribution >= 4 is 11.6 Å².